The maximum atomic E-state index is 6.05. The first-order valence-corrected chi connectivity index (χ1v) is 6.56. The van der Waals surface area contributed by atoms with Crippen LogP contribution in [0.1, 0.15) is 39.0 Å². The number of hydrogen-bond acceptors (Lipinski definition) is 1. The molecule has 1 aromatic rings. The van der Waals surface area contributed by atoms with E-state index < -0.39 is 0 Å². The van der Waals surface area contributed by atoms with Crippen LogP contribution in [0.5, 0.6) is 0 Å². The van der Waals surface area contributed by atoms with Gasteiger partial charge in [-0.2, -0.15) is 0 Å². The van der Waals surface area contributed by atoms with Crippen LogP contribution in [0.4, 0.5) is 5.69 Å². The molecule has 87 valence electrons. The number of piperidine rings is 1. The molecule has 0 unspecified atom stereocenters. The topological polar surface area (TPSA) is 3.24 Å². The van der Waals surface area contributed by atoms with Gasteiger partial charge in [-0.15, -0.1) is 0 Å². The molecule has 0 bridgehead atoms. The van der Waals surface area contributed by atoms with Crippen molar-refractivity contribution >= 4 is 17.3 Å². The van der Waals surface area contributed by atoms with Crippen LogP contribution in [0.15, 0.2) is 24.3 Å². The lowest BCUT2D eigenvalue weighted by atomic mass is 9.97. The van der Waals surface area contributed by atoms with Crippen molar-refractivity contribution in [2.24, 2.45) is 0 Å². The molecule has 0 N–H and O–H groups in total. The minimum atomic E-state index is 0.664. The molecule has 1 radical (unpaired) electrons. The van der Waals surface area contributed by atoms with Crippen molar-refractivity contribution in [1.82, 2.24) is 0 Å². The van der Waals surface area contributed by atoms with Gasteiger partial charge in [-0.25, -0.2) is 0 Å². The Morgan fingerprint density at radius 1 is 1.44 bits per heavy atom. The number of benzene rings is 1. The summed E-state index contributed by atoms with van der Waals surface area (Å²) in [4.78, 5) is 2.42. The molecule has 1 saturated heterocycles. The molecule has 0 aromatic heterocycles. The summed E-state index contributed by atoms with van der Waals surface area (Å²) in [5, 5.41) is 0.826. The molecule has 16 heavy (non-hydrogen) atoms. The first-order valence-electron chi connectivity index (χ1n) is 6.18. The number of hydrogen-bond donors (Lipinski definition) is 0. The Labute approximate surface area is 103 Å². The third kappa shape index (κ3) is 2.70. The molecule has 1 aliphatic heterocycles. The zero-order chi connectivity index (χ0) is 11.4. The average molecular weight is 237 g/mol. The largest absolute Gasteiger partial charge is 0.363 e. The quantitative estimate of drug-likeness (QED) is 0.738. The number of halogens is 1. The third-order valence-electron chi connectivity index (χ3n) is 3.19. The summed E-state index contributed by atoms with van der Waals surface area (Å²) in [5.74, 6) is 0. The van der Waals surface area contributed by atoms with Crippen molar-refractivity contribution in [3.05, 3.63) is 35.8 Å². The Morgan fingerprint density at radius 2 is 2.31 bits per heavy atom. The van der Waals surface area contributed by atoms with Crippen molar-refractivity contribution in [3.8, 4) is 0 Å². The molecular weight excluding hydrogens is 218 g/mol. The molecule has 1 fully saturated rings. The highest BCUT2D eigenvalue weighted by atomic mass is 35.5. The summed E-state index contributed by atoms with van der Waals surface area (Å²) in [6.45, 7) is 4.58. The van der Waals surface area contributed by atoms with Gasteiger partial charge in [0.25, 0.3) is 0 Å². The average Bonchev–Trinajstić information content (AvgIpc) is 2.30. The molecule has 0 saturated carbocycles. The molecule has 0 amide bonds. The second kappa shape index (κ2) is 5.58. The summed E-state index contributed by atoms with van der Waals surface area (Å²) >= 11 is 6.05. The zero-order valence-corrected chi connectivity index (χ0v) is 10.6. The van der Waals surface area contributed by atoms with Crippen molar-refractivity contribution in [2.75, 3.05) is 4.90 Å². The molecule has 1 nitrogen and oxygen atoms in total. The lowest BCUT2D eigenvalue weighted by Crippen LogP contribution is -2.36. The van der Waals surface area contributed by atoms with Gasteiger partial charge in [-0.05, 0) is 43.9 Å². The van der Waals surface area contributed by atoms with Crippen molar-refractivity contribution < 1.29 is 0 Å². The molecule has 2 rings (SSSR count). The van der Waals surface area contributed by atoms with E-state index in [1.54, 1.807) is 0 Å². The molecule has 0 aliphatic carbocycles. The highest BCUT2D eigenvalue weighted by Gasteiger charge is 2.22. The Morgan fingerprint density at radius 3 is 3.06 bits per heavy atom. The fourth-order valence-corrected chi connectivity index (χ4v) is 2.63. The molecule has 0 spiro atoms. The van der Waals surface area contributed by atoms with E-state index in [0.717, 1.165) is 5.02 Å². The van der Waals surface area contributed by atoms with Gasteiger partial charge in [0.2, 0.25) is 0 Å². The summed E-state index contributed by atoms with van der Waals surface area (Å²) < 4.78 is 0. The fraction of sp³-hybridized carbons (Fsp3) is 0.500. The molecule has 2 heteroatoms. The molecule has 1 aromatic carbocycles. The van der Waals surface area contributed by atoms with Gasteiger partial charge >= 0.3 is 0 Å². The Balaban J connectivity index is 2.16. The molecular formula is C14H19ClN. The highest BCUT2D eigenvalue weighted by molar-refractivity contribution is 6.30. The Hall–Kier alpha value is -0.690. The number of rotatable bonds is 3. The fourth-order valence-electron chi connectivity index (χ4n) is 2.44. The lowest BCUT2D eigenvalue weighted by Gasteiger charge is -2.37. The maximum absolute atomic E-state index is 6.05. The SMILES string of the molecule is CCC[C@@H]1CCC[CH]N1c1cccc(Cl)c1. The van der Waals surface area contributed by atoms with Gasteiger partial charge in [0.1, 0.15) is 0 Å². The second-order valence-corrected chi connectivity index (χ2v) is 4.88. The minimum absolute atomic E-state index is 0.664. The third-order valence-corrected chi connectivity index (χ3v) is 3.42. The van der Waals surface area contributed by atoms with Crippen LogP contribution in [-0.2, 0) is 0 Å². The summed E-state index contributed by atoms with van der Waals surface area (Å²) in [7, 11) is 0. The minimum Gasteiger partial charge on any atom is -0.363 e. The van der Waals surface area contributed by atoms with Crippen LogP contribution in [0.2, 0.25) is 5.02 Å². The van der Waals surface area contributed by atoms with Crippen molar-refractivity contribution in [3.63, 3.8) is 0 Å². The second-order valence-electron chi connectivity index (χ2n) is 4.44. The summed E-state index contributed by atoms with van der Waals surface area (Å²) in [6, 6.07) is 8.84. The van der Waals surface area contributed by atoms with E-state index in [4.69, 9.17) is 11.6 Å². The van der Waals surface area contributed by atoms with Crippen LogP contribution >= 0.6 is 11.6 Å². The van der Waals surface area contributed by atoms with Crippen LogP contribution in [0, 0.1) is 6.54 Å². The number of anilines is 1. The van der Waals surface area contributed by atoms with E-state index in [0.29, 0.717) is 6.04 Å². The standard InChI is InChI=1S/C14H19ClN/c1-2-6-13-8-3-4-10-16(13)14-9-5-7-12(15)11-14/h5,7,9-11,13H,2-4,6,8H2,1H3/t13-/m1/s1. The first-order chi connectivity index (χ1) is 7.81. The normalized spacial score (nSPS) is 21.1. The highest BCUT2D eigenvalue weighted by Crippen LogP contribution is 2.30. The van der Waals surface area contributed by atoms with Gasteiger partial charge in [0.15, 0.2) is 0 Å². The van der Waals surface area contributed by atoms with Gasteiger partial charge in [-0.1, -0.05) is 31.0 Å². The maximum Gasteiger partial charge on any atom is 0.0496 e. The van der Waals surface area contributed by atoms with Crippen LogP contribution in [0.3, 0.4) is 0 Å². The van der Waals surface area contributed by atoms with Gasteiger partial charge in [-0.3, -0.25) is 0 Å². The Kier molecular flexibility index (Phi) is 4.11. The van der Waals surface area contributed by atoms with Gasteiger partial charge in [0, 0.05) is 23.3 Å². The van der Waals surface area contributed by atoms with E-state index in [-0.39, 0.29) is 0 Å². The van der Waals surface area contributed by atoms with Crippen molar-refractivity contribution in [1.29, 1.82) is 0 Å². The van der Waals surface area contributed by atoms with Crippen molar-refractivity contribution in [2.45, 2.75) is 45.1 Å². The smallest absolute Gasteiger partial charge is 0.0496 e. The first kappa shape index (κ1) is 11.8. The summed E-state index contributed by atoms with van der Waals surface area (Å²) in [6.07, 6.45) is 6.32. The van der Waals surface area contributed by atoms with E-state index in [1.165, 1.54) is 37.8 Å². The van der Waals surface area contributed by atoms with Crippen LogP contribution in [-0.4, -0.2) is 6.04 Å². The van der Waals surface area contributed by atoms with E-state index in [9.17, 15) is 0 Å². The van der Waals surface area contributed by atoms with E-state index in [2.05, 4.69) is 30.5 Å². The lowest BCUT2D eigenvalue weighted by molar-refractivity contribution is 0.468. The van der Waals surface area contributed by atoms with Crippen LogP contribution < -0.4 is 4.90 Å². The molecule has 1 aliphatic rings. The predicted octanol–water partition coefficient (Wildman–Crippen LogP) is 4.66. The Bertz CT molecular complexity index is 335. The van der Waals surface area contributed by atoms with Crippen LogP contribution in [0.25, 0.3) is 0 Å². The molecule has 1 atom stereocenters. The zero-order valence-electron chi connectivity index (χ0n) is 9.82. The van der Waals surface area contributed by atoms with E-state index >= 15 is 0 Å². The monoisotopic (exact) mass is 236 g/mol. The van der Waals surface area contributed by atoms with Gasteiger partial charge < -0.3 is 4.90 Å². The van der Waals surface area contributed by atoms with Gasteiger partial charge in [0.05, 0.1) is 0 Å². The van der Waals surface area contributed by atoms with E-state index in [1.807, 2.05) is 12.1 Å². The summed E-state index contributed by atoms with van der Waals surface area (Å²) in [5.41, 5.74) is 1.24. The predicted molar refractivity (Wildman–Crippen MR) is 70.8 cm³/mol. The molecule has 1 heterocycles. The number of nitrogens with zero attached hydrogens (tertiary/aromatic N) is 1.